The maximum absolute atomic E-state index is 13.2. The van der Waals surface area contributed by atoms with Crippen molar-refractivity contribution in [2.75, 3.05) is 26.7 Å². The number of esters is 1. The summed E-state index contributed by atoms with van der Waals surface area (Å²) >= 11 is 0. The Morgan fingerprint density at radius 3 is 2.70 bits per heavy atom. The van der Waals surface area contributed by atoms with Gasteiger partial charge < -0.3 is 15.8 Å². The fraction of sp³-hybridized carbons (Fsp3) is 0.556. The normalized spacial score (nSPS) is 18.1. The van der Waals surface area contributed by atoms with Gasteiger partial charge in [-0.2, -0.15) is 4.31 Å². The highest BCUT2D eigenvalue weighted by Gasteiger charge is 2.34. The van der Waals surface area contributed by atoms with Gasteiger partial charge in [-0.25, -0.2) is 13.2 Å². The molecule has 150 valence electrons. The van der Waals surface area contributed by atoms with E-state index in [1.165, 1.54) is 29.6 Å². The second-order valence-corrected chi connectivity index (χ2v) is 8.44. The number of nitrogens with one attached hydrogen (secondary N) is 1. The van der Waals surface area contributed by atoms with Crippen LogP contribution in [0.1, 0.15) is 41.6 Å². The molecule has 27 heavy (non-hydrogen) atoms. The van der Waals surface area contributed by atoms with E-state index in [1.807, 2.05) is 0 Å². The van der Waals surface area contributed by atoms with Crippen molar-refractivity contribution in [3.8, 4) is 0 Å². The number of carbonyl (C=O) groups excluding carboxylic acids is 2. The van der Waals surface area contributed by atoms with Gasteiger partial charge in [-0.15, -0.1) is 0 Å². The van der Waals surface area contributed by atoms with Crippen molar-refractivity contribution < 1.29 is 22.7 Å². The van der Waals surface area contributed by atoms with Crippen LogP contribution in [0.3, 0.4) is 0 Å². The van der Waals surface area contributed by atoms with E-state index in [0.29, 0.717) is 24.1 Å². The van der Waals surface area contributed by atoms with Crippen LogP contribution in [0.2, 0.25) is 0 Å². The molecule has 0 bridgehead atoms. The Labute approximate surface area is 160 Å². The Hall–Kier alpha value is -1.97. The highest BCUT2D eigenvalue weighted by atomic mass is 32.2. The van der Waals surface area contributed by atoms with Crippen LogP contribution in [-0.4, -0.2) is 57.4 Å². The van der Waals surface area contributed by atoms with Gasteiger partial charge >= 0.3 is 5.97 Å². The zero-order valence-electron chi connectivity index (χ0n) is 15.7. The van der Waals surface area contributed by atoms with Crippen molar-refractivity contribution in [2.24, 2.45) is 5.73 Å². The number of hydrogen-bond donors (Lipinski definition) is 2. The molecule has 1 aromatic rings. The van der Waals surface area contributed by atoms with E-state index in [2.05, 4.69) is 10.1 Å². The molecule has 0 aliphatic carbocycles. The molecule has 0 radical (unpaired) electrons. The summed E-state index contributed by atoms with van der Waals surface area (Å²) in [5.41, 5.74) is 6.16. The second kappa shape index (κ2) is 9.29. The van der Waals surface area contributed by atoms with Gasteiger partial charge in [0.15, 0.2) is 0 Å². The smallest absolute Gasteiger partial charge is 0.337 e. The van der Waals surface area contributed by atoms with Crippen LogP contribution in [0.15, 0.2) is 23.1 Å². The predicted molar refractivity (Wildman–Crippen MR) is 101 cm³/mol. The lowest BCUT2D eigenvalue weighted by atomic mass is 10.1. The van der Waals surface area contributed by atoms with E-state index >= 15 is 0 Å². The number of nitrogens with two attached hydrogens (primary N) is 1. The van der Waals surface area contributed by atoms with Crippen LogP contribution < -0.4 is 11.1 Å². The third-order valence-electron chi connectivity index (χ3n) is 4.66. The third-order valence-corrected chi connectivity index (χ3v) is 6.77. The topological polar surface area (TPSA) is 119 Å². The quantitative estimate of drug-likeness (QED) is 0.657. The number of carbonyl (C=O) groups is 2. The molecule has 1 amide bonds. The molecule has 0 saturated carbocycles. The van der Waals surface area contributed by atoms with Crippen molar-refractivity contribution in [3.63, 3.8) is 0 Å². The number of amides is 1. The molecule has 2 rings (SSSR count). The highest BCUT2D eigenvalue weighted by Crippen LogP contribution is 2.27. The number of aryl methyl sites for hydroxylation is 1. The van der Waals surface area contributed by atoms with Gasteiger partial charge in [0.05, 0.1) is 17.6 Å². The molecule has 1 aliphatic heterocycles. The second-order valence-electron chi connectivity index (χ2n) is 6.58. The number of methoxy groups -OCH3 is 1. The van der Waals surface area contributed by atoms with E-state index in [0.717, 1.165) is 12.8 Å². The minimum Gasteiger partial charge on any atom is -0.465 e. The predicted octanol–water partition coefficient (Wildman–Crippen LogP) is 0.790. The molecule has 1 aliphatic rings. The number of nitrogens with zero attached hydrogens (tertiary/aromatic N) is 1. The van der Waals surface area contributed by atoms with Crippen LogP contribution in [0.5, 0.6) is 0 Å². The van der Waals surface area contributed by atoms with Gasteiger partial charge in [0.25, 0.3) is 0 Å². The first-order chi connectivity index (χ1) is 12.8. The monoisotopic (exact) mass is 397 g/mol. The fourth-order valence-electron chi connectivity index (χ4n) is 3.26. The fourth-order valence-corrected chi connectivity index (χ4v) is 5.16. The van der Waals surface area contributed by atoms with Gasteiger partial charge in [-0.1, -0.05) is 6.42 Å². The van der Waals surface area contributed by atoms with Crippen molar-refractivity contribution in [1.29, 1.82) is 0 Å². The van der Waals surface area contributed by atoms with Crippen molar-refractivity contribution in [1.82, 2.24) is 9.62 Å². The summed E-state index contributed by atoms with van der Waals surface area (Å²) in [7, 11) is -2.47. The molecule has 1 fully saturated rings. The van der Waals surface area contributed by atoms with Crippen LogP contribution in [0.4, 0.5) is 0 Å². The molecule has 1 saturated heterocycles. The summed E-state index contributed by atoms with van der Waals surface area (Å²) < 4.78 is 32.6. The first-order valence-corrected chi connectivity index (χ1v) is 10.4. The largest absolute Gasteiger partial charge is 0.465 e. The molecule has 1 heterocycles. The van der Waals surface area contributed by atoms with E-state index in [-0.39, 0.29) is 36.4 Å². The SMILES string of the molecule is COC(=O)c1ccc(S(=O)(=O)N2CCCCC2CNC(=O)CCN)c(C)c1. The molecule has 1 atom stereocenters. The molecule has 0 spiro atoms. The average molecular weight is 397 g/mol. The highest BCUT2D eigenvalue weighted by molar-refractivity contribution is 7.89. The number of ether oxygens (including phenoxy) is 1. The van der Waals surface area contributed by atoms with E-state index < -0.39 is 16.0 Å². The lowest BCUT2D eigenvalue weighted by Gasteiger charge is -2.35. The standard InChI is InChI=1S/C18H27N3O5S/c1-13-11-14(18(23)26-2)6-7-16(13)27(24,25)21-10-4-3-5-15(21)12-20-17(22)8-9-19/h6-7,11,15H,3-5,8-10,12,19H2,1-2H3,(H,20,22). The number of sulfonamides is 1. The van der Waals surface area contributed by atoms with Crippen LogP contribution in [0.25, 0.3) is 0 Å². The summed E-state index contributed by atoms with van der Waals surface area (Å²) in [6.45, 7) is 2.57. The maximum atomic E-state index is 13.2. The minimum absolute atomic E-state index is 0.162. The average Bonchev–Trinajstić information content (AvgIpc) is 2.65. The lowest BCUT2D eigenvalue weighted by Crippen LogP contribution is -2.49. The zero-order valence-corrected chi connectivity index (χ0v) is 16.5. The molecular formula is C18H27N3O5S. The summed E-state index contributed by atoms with van der Waals surface area (Å²) in [6.07, 6.45) is 2.57. The van der Waals surface area contributed by atoms with E-state index in [9.17, 15) is 18.0 Å². The summed E-state index contributed by atoms with van der Waals surface area (Å²) in [6, 6.07) is 4.11. The van der Waals surface area contributed by atoms with Gasteiger partial charge in [0, 0.05) is 32.1 Å². The molecule has 9 heteroatoms. The third kappa shape index (κ3) is 5.06. The molecule has 1 aromatic carbocycles. The molecule has 3 N–H and O–H groups in total. The Kier molecular flexibility index (Phi) is 7.34. The molecular weight excluding hydrogens is 370 g/mol. The maximum Gasteiger partial charge on any atom is 0.337 e. The lowest BCUT2D eigenvalue weighted by molar-refractivity contribution is -0.121. The summed E-state index contributed by atoms with van der Waals surface area (Å²) in [4.78, 5) is 23.5. The summed E-state index contributed by atoms with van der Waals surface area (Å²) in [5.74, 6) is -0.695. The first kappa shape index (κ1) is 21.3. The molecule has 1 unspecified atom stereocenters. The number of rotatable bonds is 7. The van der Waals surface area contributed by atoms with E-state index in [1.54, 1.807) is 6.92 Å². The minimum atomic E-state index is -3.75. The Bertz CT molecular complexity index is 794. The van der Waals surface area contributed by atoms with Crippen LogP contribution in [0, 0.1) is 6.92 Å². The van der Waals surface area contributed by atoms with Crippen molar-refractivity contribution >= 4 is 21.9 Å². The van der Waals surface area contributed by atoms with Gasteiger partial charge in [-0.05, 0) is 43.5 Å². The molecule has 8 nitrogen and oxygen atoms in total. The number of hydrogen-bond acceptors (Lipinski definition) is 6. The van der Waals surface area contributed by atoms with Crippen molar-refractivity contribution in [3.05, 3.63) is 29.3 Å². The number of piperidine rings is 1. The summed E-state index contributed by atoms with van der Waals surface area (Å²) in [5, 5.41) is 2.77. The van der Waals surface area contributed by atoms with Crippen LogP contribution in [-0.2, 0) is 19.6 Å². The Morgan fingerprint density at radius 1 is 1.33 bits per heavy atom. The van der Waals surface area contributed by atoms with E-state index in [4.69, 9.17) is 5.73 Å². The van der Waals surface area contributed by atoms with Crippen LogP contribution >= 0.6 is 0 Å². The van der Waals surface area contributed by atoms with Gasteiger partial charge in [0.2, 0.25) is 15.9 Å². The van der Waals surface area contributed by atoms with Gasteiger partial charge in [0.1, 0.15) is 0 Å². The van der Waals surface area contributed by atoms with Crippen molar-refractivity contribution in [2.45, 2.75) is 43.5 Å². The van der Waals surface area contributed by atoms with Gasteiger partial charge in [-0.3, -0.25) is 4.79 Å². The first-order valence-electron chi connectivity index (χ1n) is 8.98. The number of benzene rings is 1. The Balaban J connectivity index is 2.24. The Morgan fingerprint density at radius 2 is 2.07 bits per heavy atom. The molecule has 0 aromatic heterocycles. The zero-order chi connectivity index (χ0) is 20.0.